The Labute approximate surface area is 151 Å². The van der Waals surface area contributed by atoms with Gasteiger partial charge in [0.15, 0.2) is 0 Å². The maximum Gasteiger partial charge on any atom is 0.408 e. The van der Waals surface area contributed by atoms with E-state index in [2.05, 4.69) is 6.92 Å². The summed E-state index contributed by atoms with van der Waals surface area (Å²) >= 11 is 0. The lowest BCUT2D eigenvalue weighted by Crippen LogP contribution is -2.09. The Bertz CT molecular complexity index is 653. The van der Waals surface area contributed by atoms with Gasteiger partial charge in [0.25, 0.3) is 0 Å². The molecule has 0 aliphatic carbocycles. The van der Waals surface area contributed by atoms with Crippen molar-refractivity contribution in [3.05, 3.63) is 60.2 Å². The van der Waals surface area contributed by atoms with Crippen LogP contribution in [0.25, 0.3) is 0 Å². The van der Waals surface area contributed by atoms with E-state index in [1.54, 1.807) is 36.4 Å². The Morgan fingerprint density at radius 3 is 2.08 bits per heavy atom. The van der Waals surface area contributed by atoms with Gasteiger partial charge in [-0.3, -0.25) is 0 Å². The largest absolute Gasteiger partial charge is 0.421 e. The fraction of sp³-hybridized carbons (Fsp3) is 0.429. The molecule has 4 heteroatoms. The van der Waals surface area contributed by atoms with E-state index in [1.807, 2.05) is 18.2 Å². The highest BCUT2D eigenvalue weighted by Crippen LogP contribution is 2.41. The van der Waals surface area contributed by atoms with Gasteiger partial charge in [-0.1, -0.05) is 75.8 Å². The molecule has 0 saturated carbocycles. The number of unbranched alkanes of at least 4 members (excludes halogenated alkanes) is 6. The lowest BCUT2D eigenvalue weighted by molar-refractivity contribution is 0.393. The summed E-state index contributed by atoms with van der Waals surface area (Å²) in [6, 6.07) is 16.0. The average molecular weight is 360 g/mol. The van der Waals surface area contributed by atoms with E-state index >= 15 is 0 Å². The van der Waals surface area contributed by atoms with Crippen LogP contribution in [0.4, 0.5) is 0 Å². The second-order valence-electron chi connectivity index (χ2n) is 6.46. The van der Waals surface area contributed by atoms with Crippen LogP contribution in [-0.4, -0.2) is 4.89 Å². The molecule has 0 radical (unpaired) electrons. The summed E-state index contributed by atoms with van der Waals surface area (Å²) in [6.07, 6.45) is 10.0. The lowest BCUT2D eigenvalue weighted by atomic mass is 10.0. The van der Waals surface area contributed by atoms with E-state index in [4.69, 9.17) is 4.52 Å². The SMILES string of the molecule is CCCCCCCCCc1ccc(P(=O)(O)Oc2ccccc2)cc1. The Kier molecular flexibility index (Phi) is 8.24. The topological polar surface area (TPSA) is 46.5 Å². The fourth-order valence-electron chi connectivity index (χ4n) is 2.81. The van der Waals surface area contributed by atoms with Gasteiger partial charge in [-0.05, 0) is 42.7 Å². The summed E-state index contributed by atoms with van der Waals surface area (Å²) in [6.45, 7) is 2.24. The number of para-hydroxylation sites is 1. The number of rotatable bonds is 11. The first-order chi connectivity index (χ1) is 12.1. The van der Waals surface area contributed by atoms with Crippen molar-refractivity contribution in [1.29, 1.82) is 0 Å². The van der Waals surface area contributed by atoms with E-state index in [-0.39, 0.29) is 0 Å². The maximum atomic E-state index is 12.4. The molecule has 0 amide bonds. The normalized spacial score (nSPS) is 13.4. The zero-order chi connectivity index (χ0) is 18.0. The number of hydrogen-bond acceptors (Lipinski definition) is 2. The van der Waals surface area contributed by atoms with Crippen molar-refractivity contribution in [2.75, 3.05) is 0 Å². The summed E-state index contributed by atoms with van der Waals surface area (Å²) in [5.41, 5.74) is 1.21. The molecule has 0 heterocycles. The third kappa shape index (κ3) is 7.05. The molecule has 3 nitrogen and oxygen atoms in total. The van der Waals surface area contributed by atoms with E-state index in [0.29, 0.717) is 11.1 Å². The predicted octanol–water partition coefficient (Wildman–Crippen LogP) is 5.87. The van der Waals surface area contributed by atoms with Gasteiger partial charge in [0.2, 0.25) is 0 Å². The van der Waals surface area contributed by atoms with Crippen LogP contribution in [0.15, 0.2) is 54.6 Å². The van der Waals surface area contributed by atoms with E-state index < -0.39 is 7.60 Å². The highest BCUT2D eigenvalue weighted by Gasteiger charge is 2.24. The molecule has 0 bridgehead atoms. The van der Waals surface area contributed by atoms with Crippen LogP contribution in [0, 0.1) is 0 Å². The second kappa shape index (κ2) is 10.4. The standard InChI is InChI=1S/C21H29O3P/c1-2-3-4-5-6-7-9-12-19-15-17-21(18-16-19)25(22,23)24-20-13-10-8-11-14-20/h8,10-11,13-18H,2-7,9,12H2,1H3,(H,22,23). The van der Waals surface area contributed by atoms with Gasteiger partial charge in [0, 0.05) is 0 Å². The highest BCUT2D eigenvalue weighted by molar-refractivity contribution is 7.61. The van der Waals surface area contributed by atoms with Crippen molar-refractivity contribution in [3.8, 4) is 5.75 Å². The van der Waals surface area contributed by atoms with Crippen LogP contribution >= 0.6 is 7.60 Å². The molecule has 1 atom stereocenters. The maximum absolute atomic E-state index is 12.4. The van der Waals surface area contributed by atoms with E-state index in [9.17, 15) is 9.46 Å². The first-order valence-corrected chi connectivity index (χ1v) is 10.9. The highest BCUT2D eigenvalue weighted by atomic mass is 31.2. The molecule has 1 unspecified atom stereocenters. The summed E-state index contributed by atoms with van der Waals surface area (Å²) in [4.78, 5) is 10.2. The monoisotopic (exact) mass is 360 g/mol. The summed E-state index contributed by atoms with van der Waals surface area (Å²) in [5.74, 6) is 0.403. The summed E-state index contributed by atoms with van der Waals surface area (Å²) in [7, 11) is -3.83. The van der Waals surface area contributed by atoms with Gasteiger partial charge in [-0.25, -0.2) is 4.57 Å². The third-order valence-corrected chi connectivity index (χ3v) is 5.71. The van der Waals surface area contributed by atoms with Crippen molar-refractivity contribution in [3.63, 3.8) is 0 Å². The first kappa shape index (κ1) is 19.8. The van der Waals surface area contributed by atoms with Crippen LogP contribution in [0.2, 0.25) is 0 Å². The number of benzene rings is 2. The number of hydrogen-bond donors (Lipinski definition) is 1. The van der Waals surface area contributed by atoms with Crippen LogP contribution in [0.3, 0.4) is 0 Å². The smallest absolute Gasteiger partial charge is 0.408 e. The van der Waals surface area contributed by atoms with Gasteiger partial charge >= 0.3 is 7.60 Å². The molecule has 0 aliphatic rings. The molecule has 0 aromatic heterocycles. The molecule has 0 fully saturated rings. The average Bonchev–Trinajstić information content (AvgIpc) is 2.62. The van der Waals surface area contributed by atoms with Gasteiger partial charge in [-0.15, -0.1) is 0 Å². The zero-order valence-corrected chi connectivity index (χ0v) is 16.0. The Balaban J connectivity index is 1.79. The predicted molar refractivity (Wildman–Crippen MR) is 105 cm³/mol. The molecule has 0 saturated heterocycles. The minimum absolute atomic E-state index is 0.333. The number of aryl methyl sites for hydroxylation is 1. The molecular weight excluding hydrogens is 331 g/mol. The third-order valence-electron chi connectivity index (χ3n) is 4.30. The molecular formula is C21H29O3P. The quantitative estimate of drug-likeness (QED) is 0.403. The molecule has 25 heavy (non-hydrogen) atoms. The van der Waals surface area contributed by atoms with Gasteiger partial charge in [0.1, 0.15) is 5.75 Å². The second-order valence-corrected chi connectivity index (χ2v) is 8.20. The molecule has 0 spiro atoms. The van der Waals surface area contributed by atoms with Crippen molar-refractivity contribution in [1.82, 2.24) is 0 Å². The molecule has 2 rings (SSSR count). The van der Waals surface area contributed by atoms with Gasteiger partial charge in [-0.2, -0.15) is 0 Å². The van der Waals surface area contributed by atoms with Crippen molar-refractivity contribution >= 4 is 12.9 Å². The van der Waals surface area contributed by atoms with Crippen LogP contribution in [0.1, 0.15) is 57.4 Å². The van der Waals surface area contributed by atoms with Crippen LogP contribution in [0.5, 0.6) is 5.75 Å². The van der Waals surface area contributed by atoms with Crippen LogP contribution in [-0.2, 0) is 11.0 Å². The van der Waals surface area contributed by atoms with Gasteiger partial charge < -0.3 is 9.42 Å². The first-order valence-electron chi connectivity index (χ1n) is 9.29. The minimum atomic E-state index is -3.83. The van der Waals surface area contributed by atoms with Crippen molar-refractivity contribution in [2.45, 2.75) is 58.3 Å². The minimum Gasteiger partial charge on any atom is -0.421 e. The fourth-order valence-corrected chi connectivity index (χ4v) is 3.85. The molecule has 2 aromatic rings. The van der Waals surface area contributed by atoms with E-state index in [1.165, 1.54) is 50.5 Å². The Hall–Kier alpha value is -1.57. The molecule has 1 N–H and O–H groups in total. The van der Waals surface area contributed by atoms with Gasteiger partial charge in [0.05, 0.1) is 5.30 Å². The Morgan fingerprint density at radius 2 is 1.44 bits per heavy atom. The van der Waals surface area contributed by atoms with Crippen LogP contribution < -0.4 is 9.83 Å². The molecule has 0 aliphatic heterocycles. The lowest BCUT2D eigenvalue weighted by Gasteiger charge is -2.14. The van der Waals surface area contributed by atoms with Crippen molar-refractivity contribution in [2.24, 2.45) is 0 Å². The molecule has 2 aromatic carbocycles. The van der Waals surface area contributed by atoms with E-state index in [0.717, 1.165) is 6.42 Å². The summed E-state index contributed by atoms with van der Waals surface area (Å²) in [5, 5.41) is 0.333. The zero-order valence-electron chi connectivity index (χ0n) is 15.1. The summed E-state index contributed by atoms with van der Waals surface area (Å²) < 4.78 is 17.7. The Morgan fingerprint density at radius 1 is 0.840 bits per heavy atom. The molecule has 136 valence electrons. The van der Waals surface area contributed by atoms with Crippen molar-refractivity contribution < 1.29 is 14.0 Å².